The van der Waals surface area contributed by atoms with Crippen molar-refractivity contribution in [2.75, 3.05) is 23.3 Å². The Balaban J connectivity index is 1.49. The molecule has 0 atom stereocenters. The minimum absolute atomic E-state index is 0.0611. The number of anilines is 2. The Hall–Kier alpha value is -2.36. The molecule has 1 aromatic carbocycles. The number of benzene rings is 1. The van der Waals surface area contributed by atoms with Gasteiger partial charge in [-0.1, -0.05) is 29.8 Å². The fraction of sp³-hybridized carbons (Fsp3) is 0.429. The van der Waals surface area contributed by atoms with Gasteiger partial charge >= 0.3 is 0 Å². The van der Waals surface area contributed by atoms with Crippen molar-refractivity contribution in [3.8, 4) is 0 Å². The van der Waals surface area contributed by atoms with Gasteiger partial charge in [0.2, 0.25) is 5.91 Å². The normalized spacial score (nSPS) is 13.9. The van der Waals surface area contributed by atoms with Crippen LogP contribution in [0.15, 0.2) is 36.4 Å². The SMILES string of the molecule is Cc1ccc(CCCC(=O)Nc2ccc(N3CCCC3)nc2C)cc1. The summed E-state index contributed by atoms with van der Waals surface area (Å²) >= 11 is 0. The van der Waals surface area contributed by atoms with Crippen molar-refractivity contribution >= 4 is 17.4 Å². The number of carbonyl (C=O) groups is 1. The van der Waals surface area contributed by atoms with Gasteiger partial charge in [-0.3, -0.25) is 4.79 Å². The molecule has 4 heteroatoms. The van der Waals surface area contributed by atoms with E-state index in [0.29, 0.717) is 6.42 Å². The van der Waals surface area contributed by atoms with Crippen LogP contribution >= 0.6 is 0 Å². The van der Waals surface area contributed by atoms with Gasteiger partial charge in [-0.25, -0.2) is 4.98 Å². The lowest BCUT2D eigenvalue weighted by atomic mass is 10.1. The zero-order valence-corrected chi connectivity index (χ0v) is 15.2. The number of aryl methyl sites for hydroxylation is 3. The molecular formula is C21H27N3O. The van der Waals surface area contributed by atoms with Crippen LogP contribution < -0.4 is 10.2 Å². The third-order valence-corrected chi connectivity index (χ3v) is 4.77. The third-order valence-electron chi connectivity index (χ3n) is 4.77. The number of carbonyl (C=O) groups excluding carboxylic acids is 1. The Morgan fingerprint density at radius 3 is 2.48 bits per heavy atom. The van der Waals surface area contributed by atoms with E-state index in [9.17, 15) is 4.79 Å². The van der Waals surface area contributed by atoms with Gasteiger partial charge in [0, 0.05) is 19.5 Å². The number of nitrogens with zero attached hydrogens (tertiary/aromatic N) is 2. The second kappa shape index (κ2) is 8.15. The molecular weight excluding hydrogens is 310 g/mol. The highest BCUT2D eigenvalue weighted by Gasteiger charge is 2.14. The second-order valence-electron chi connectivity index (χ2n) is 6.88. The van der Waals surface area contributed by atoms with Gasteiger partial charge in [-0.05, 0) is 57.2 Å². The Labute approximate surface area is 150 Å². The quantitative estimate of drug-likeness (QED) is 0.856. The van der Waals surface area contributed by atoms with Gasteiger partial charge in [0.05, 0.1) is 11.4 Å². The fourth-order valence-corrected chi connectivity index (χ4v) is 3.22. The minimum atomic E-state index is 0.0611. The van der Waals surface area contributed by atoms with Gasteiger partial charge in [0.25, 0.3) is 0 Å². The molecule has 2 heterocycles. The van der Waals surface area contributed by atoms with Crippen molar-refractivity contribution < 1.29 is 4.79 Å². The van der Waals surface area contributed by atoms with Crippen molar-refractivity contribution in [3.05, 3.63) is 53.2 Å². The summed E-state index contributed by atoms with van der Waals surface area (Å²) in [5.41, 5.74) is 4.26. The molecule has 1 saturated heterocycles. The van der Waals surface area contributed by atoms with E-state index < -0.39 is 0 Å². The van der Waals surface area contributed by atoms with Gasteiger partial charge in [0.15, 0.2) is 0 Å². The third kappa shape index (κ3) is 4.81. The first-order valence-electron chi connectivity index (χ1n) is 9.20. The smallest absolute Gasteiger partial charge is 0.224 e. The van der Waals surface area contributed by atoms with Crippen molar-refractivity contribution in [3.63, 3.8) is 0 Å². The zero-order valence-electron chi connectivity index (χ0n) is 15.2. The molecule has 1 aromatic heterocycles. The van der Waals surface area contributed by atoms with Gasteiger partial charge in [0.1, 0.15) is 5.82 Å². The molecule has 1 N–H and O–H groups in total. The first kappa shape index (κ1) is 17.5. The highest BCUT2D eigenvalue weighted by molar-refractivity contribution is 5.91. The first-order chi connectivity index (χ1) is 12.1. The van der Waals surface area contributed by atoms with Crippen LogP contribution in [-0.4, -0.2) is 24.0 Å². The standard InChI is InChI=1S/C21H27N3O/c1-16-8-10-18(11-9-16)6-5-7-21(25)23-19-12-13-20(22-17(19)2)24-14-3-4-15-24/h8-13H,3-7,14-15H2,1-2H3,(H,23,25). The summed E-state index contributed by atoms with van der Waals surface area (Å²) in [7, 11) is 0. The summed E-state index contributed by atoms with van der Waals surface area (Å²) in [4.78, 5) is 19.2. The topological polar surface area (TPSA) is 45.2 Å². The van der Waals surface area contributed by atoms with Crippen LogP contribution in [0.5, 0.6) is 0 Å². The summed E-state index contributed by atoms with van der Waals surface area (Å²) in [6.45, 7) is 6.21. The molecule has 0 spiro atoms. The Bertz CT molecular complexity index is 718. The molecule has 1 aliphatic rings. The Morgan fingerprint density at radius 1 is 1.08 bits per heavy atom. The Kier molecular flexibility index (Phi) is 5.69. The maximum Gasteiger partial charge on any atom is 0.224 e. The molecule has 1 amide bonds. The lowest BCUT2D eigenvalue weighted by Gasteiger charge is -2.18. The Morgan fingerprint density at radius 2 is 1.80 bits per heavy atom. The predicted octanol–water partition coefficient (Wildman–Crippen LogP) is 4.26. The van der Waals surface area contributed by atoms with Crippen LogP contribution in [0, 0.1) is 13.8 Å². The molecule has 3 rings (SSSR count). The van der Waals surface area contributed by atoms with E-state index in [0.717, 1.165) is 43.1 Å². The number of amides is 1. The van der Waals surface area contributed by atoms with Crippen LogP contribution in [0.3, 0.4) is 0 Å². The van der Waals surface area contributed by atoms with E-state index in [1.54, 1.807) is 0 Å². The van der Waals surface area contributed by atoms with Crippen molar-refractivity contribution in [2.24, 2.45) is 0 Å². The summed E-state index contributed by atoms with van der Waals surface area (Å²) < 4.78 is 0. The van der Waals surface area contributed by atoms with Gasteiger partial charge in [-0.15, -0.1) is 0 Å². The summed E-state index contributed by atoms with van der Waals surface area (Å²) in [5, 5.41) is 3.00. The maximum absolute atomic E-state index is 12.2. The molecule has 0 aliphatic carbocycles. The molecule has 2 aromatic rings. The van der Waals surface area contributed by atoms with E-state index in [1.807, 2.05) is 19.1 Å². The molecule has 1 aliphatic heterocycles. The van der Waals surface area contributed by atoms with E-state index >= 15 is 0 Å². The van der Waals surface area contributed by atoms with E-state index in [1.165, 1.54) is 24.0 Å². The molecule has 132 valence electrons. The van der Waals surface area contributed by atoms with Gasteiger partial charge < -0.3 is 10.2 Å². The number of rotatable bonds is 6. The van der Waals surface area contributed by atoms with Crippen LogP contribution in [0.2, 0.25) is 0 Å². The largest absolute Gasteiger partial charge is 0.357 e. The van der Waals surface area contributed by atoms with E-state index in [4.69, 9.17) is 0 Å². The van der Waals surface area contributed by atoms with Crippen LogP contribution in [0.25, 0.3) is 0 Å². The average molecular weight is 337 g/mol. The fourth-order valence-electron chi connectivity index (χ4n) is 3.22. The van der Waals surface area contributed by atoms with Crippen molar-refractivity contribution in [1.82, 2.24) is 4.98 Å². The average Bonchev–Trinajstić information content (AvgIpc) is 3.13. The molecule has 4 nitrogen and oxygen atoms in total. The molecule has 0 saturated carbocycles. The number of hydrogen-bond donors (Lipinski definition) is 1. The predicted molar refractivity (Wildman–Crippen MR) is 103 cm³/mol. The van der Waals surface area contributed by atoms with Crippen LogP contribution in [0.4, 0.5) is 11.5 Å². The molecule has 25 heavy (non-hydrogen) atoms. The highest BCUT2D eigenvalue weighted by Crippen LogP contribution is 2.22. The number of aromatic nitrogens is 1. The summed E-state index contributed by atoms with van der Waals surface area (Å²) in [5.74, 6) is 1.08. The van der Waals surface area contributed by atoms with Crippen molar-refractivity contribution in [2.45, 2.75) is 46.0 Å². The lowest BCUT2D eigenvalue weighted by molar-refractivity contribution is -0.116. The summed E-state index contributed by atoms with van der Waals surface area (Å²) in [6.07, 6.45) is 4.79. The van der Waals surface area contributed by atoms with E-state index in [-0.39, 0.29) is 5.91 Å². The summed E-state index contributed by atoms with van der Waals surface area (Å²) in [6, 6.07) is 12.5. The lowest BCUT2D eigenvalue weighted by Crippen LogP contribution is -2.20. The first-order valence-corrected chi connectivity index (χ1v) is 9.20. The number of hydrogen-bond acceptors (Lipinski definition) is 3. The molecule has 1 fully saturated rings. The van der Waals surface area contributed by atoms with E-state index in [2.05, 4.69) is 46.4 Å². The minimum Gasteiger partial charge on any atom is -0.357 e. The van der Waals surface area contributed by atoms with Gasteiger partial charge in [-0.2, -0.15) is 0 Å². The van der Waals surface area contributed by atoms with Crippen molar-refractivity contribution in [1.29, 1.82) is 0 Å². The molecule has 0 unspecified atom stereocenters. The van der Waals surface area contributed by atoms with Crippen LogP contribution in [-0.2, 0) is 11.2 Å². The molecule has 0 bridgehead atoms. The zero-order chi connectivity index (χ0) is 17.6. The second-order valence-corrected chi connectivity index (χ2v) is 6.88. The highest BCUT2D eigenvalue weighted by atomic mass is 16.1. The number of pyridine rings is 1. The molecule has 0 radical (unpaired) electrons. The monoisotopic (exact) mass is 337 g/mol. The number of nitrogens with one attached hydrogen (secondary N) is 1. The van der Waals surface area contributed by atoms with Crippen LogP contribution in [0.1, 0.15) is 42.5 Å². The maximum atomic E-state index is 12.2.